The monoisotopic (exact) mass is 234 g/mol. The predicted octanol–water partition coefficient (Wildman–Crippen LogP) is 2.35. The van der Waals surface area contributed by atoms with Gasteiger partial charge in [0.2, 0.25) is 5.91 Å². The lowest BCUT2D eigenvalue weighted by molar-refractivity contribution is -0.121. The van der Waals surface area contributed by atoms with Crippen LogP contribution in [0.25, 0.3) is 0 Å². The van der Waals surface area contributed by atoms with Gasteiger partial charge in [-0.15, -0.1) is 0 Å². The van der Waals surface area contributed by atoms with Crippen LogP contribution in [0.15, 0.2) is 35.6 Å². The smallest absolute Gasteiger partial charge is 0.294 e. The highest BCUT2D eigenvalue weighted by atomic mass is 16.2. The minimum atomic E-state index is -0.334. The van der Waals surface area contributed by atoms with Crippen molar-refractivity contribution < 1.29 is 9.59 Å². The Bertz CT molecular complexity index is 406. The number of urea groups is 1. The van der Waals surface area contributed by atoms with E-state index in [1.165, 1.54) is 0 Å². The molecule has 0 atom stereocenters. The molecule has 0 radical (unpaired) electrons. The number of allylic oxidation sites excluding steroid dienone is 5. The lowest BCUT2D eigenvalue weighted by atomic mass is 10.2. The van der Waals surface area contributed by atoms with Gasteiger partial charge in [0, 0.05) is 18.7 Å². The fourth-order valence-electron chi connectivity index (χ4n) is 1.61. The highest BCUT2D eigenvalue weighted by Crippen LogP contribution is 2.20. The highest BCUT2D eigenvalue weighted by Gasteiger charge is 2.25. The highest BCUT2D eigenvalue weighted by molar-refractivity contribution is 5.97. The SMILES string of the molecule is C/C=C1/C=CC(N2CCC(=O)NC2=O)=C1.CC. The zero-order valence-corrected chi connectivity index (χ0v) is 10.5. The molecule has 1 N–H and O–H groups in total. The summed E-state index contributed by atoms with van der Waals surface area (Å²) < 4.78 is 0. The fraction of sp³-hybridized carbons (Fsp3) is 0.385. The zero-order chi connectivity index (χ0) is 12.8. The Kier molecular flexibility index (Phi) is 4.69. The van der Waals surface area contributed by atoms with E-state index in [9.17, 15) is 9.59 Å². The van der Waals surface area contributed by atoms with Crippen LogP contribution in [0.2, 0.25) is 0 Å². The first kappa shape index (κ1) is 13.2. The maximum Gasteiger partial charge on any atom is 0.328 e. The van der Waals surface area contributed by atoms with Crippen molar-refractivity contribution in [1.82, 2.24) is 10.2 Å². The van der Waals surface area contributed by atoms with Crippen LogP contribution in [0.4, 0.5) is 4.79 Å². The van der Waals surface area contributed by atoms with Crippen molar-refractivity contribution in [2.24, 2.45) is 0 Å². The Morgan fingerprint density at radius 2 is 2.00 bits per heavy atom. The van der Waals surface area contributed by atoms with Gasteiger partial charge in [-0.25, -0.2) is 4.79 Å². The van der Waals surface area contributed by atoms with Crippen LogP contribution in [-0.2, 0) is 4.79 Å². The molecule has 4 nitrogen and oxygen atoms in total. The Hall–Kier alpha value is -1.84. The Balaban J connectivity index is 0.000000686. The van der Waals surface area contributed by atoms with Crippen LogP contribution >= 0.6 is 0 Å². The van der Waals surface area contributed by atoms with Gasteiger partial charge in [-0.05, 0) is 24.6 Å². The second-order valence-electron chi connectivity index (χ2n) is 3.45. The predicted molar refractivity (Wildman–Crippen MR) is 67.2 cm³/mol. The normalized spacial score (nSPS) is 21.0. The van der Waals surface area contributed by atoms with E-state index in [1.54, 1.807) is 4.90 Å². The molecule has 3 amide bonds. The summed E-state index contributed by atoms with van der Waals surface area (Å²) in [7, 11) is 0. The van der Waals surface area contributed by atoms with Crippen molar-refractivity contribution in [2.45, 2.75) is 27.2 Å². The molecule has 0 spiro atoms. The molecule has 4 heteroatoms. The van der Waals surface area contributed by atoms with Gasteiger partial charge in [0.1, 0.15) is 0 Å². The van der Waals surface area contributed by atoms with Gasteiger partial charge in [0.25, 0.3) is 0 Å². The van der Waals surface area contributed by atoms with E-state index in [0.29, 0.717) is 13.0 Å². The molecule has 92 valence electrons. The summed E-state index contributed by atoms with van der Waals surface area (Å²) >= 11 is 0. The molecular weight excluding hydrogens is 216 g/mol. The van der Waals surface area contributed by atoms with E-state index >= 15 is 0 Å². The van der Waals surface area contributed by atoms with Crippen molar-refractivity contribution in [2.75, 3.05) is 6.54 Å². The average Bonchev–Trinajstić information content (AvgIpc) is 2.80. The van der Waals surface area contributed by atoms with Gasteiger partial charge in [0.15, 0.2) is 0 Å². The maximum atomic E-state index is 11.5. The standard InChI is InChI=1S/C11H12N2O2.C2H6/c1-2-8-3-4-9(7-8)13-6-5-10(14)12-11(13)15;1-2/h2-4,7H,5-6H2,1H3,(H,12,14,15);1-2H3/b8-2-;. The third kappa shape index (κ3) is 3.06. The van der Waals surface area contributed by atoms with E-state index in [1.807, 2.05) is 45.1 Å². The first-order valence-corrected chi connectivity index (χ1v) is 5.88. The molecule has 1 fully saturated rings. The Labute approximate surface area is 102 Å². The molecule has 2 rings (SSSR count). The van der Waals surface area contributed by atoms with Crippen molar-refractivity contribution >= 4 is 11.9 Å². The molecule has 17 heavy (non-hydrogen) atoms. The largest absolute Gasteiger partial charge is 0.328 e. The molecule has 2 aliphatic rings. The minimum Gasteiger partial charge on any atom is -0.294 e. The van der Waals surface area contributed by atoms with E-state index < -0.39 is 0 Å². The third-order valence-corrected chi connectivity index (χ3v) is 2.46. The molecular formula is C13H18N2O2. The fourth-order valence-corrected chi connectivity index (χ4v) is 1.61. The number of hydrogen-bond acceptors (Lipinski definition) is 2. The summed E-state index contributed by atoms with van der Waals surface area (Å²) in [6.07, 6.45) is 8.08. The molecule has 0 aromatic heterocycles. The third-order valence-electron chi connectivity index (χ3n) is 2.46. The molecule has 0 unspecified atom stereocenters. The van der Waals surface area contributed by atoms with Crippen LogP contribution in [0.1, 0.15) is 27.2 Å². The molecule has 1 heterocycles. The van der Waals surface area contributed by atoms with Crippen LogP contribution < -0.4 is 5.32 Å². The molecule has 0 aromatic carbocycles. The number of carbonyl (C=O) groups is 2. The zero-order valence-electron chi connectivity index (χ0n) is 10.5. The summed E-state index contributed by atoms with van der Waals surface area (Å²) in [5, 5.41) is 2.29. The Morgan fingerprint density at radius 1 is 1.29 bits per heavy atom. The van der Waals surface area contributed by atoms with Crippen molar-refractivity contribution in [3.8, 4) is 0 Å². The van der Waals surface area contributed by atoms with E-state index in [2.05, 4.69) is 5.32 Å². The molecule has 0 bridgehead atoms. The van der Waals surface area contributed by atoms with Gasteiger partial charge in [-0.2, -0.15) is 0 Å². The number of amides is 3. The van der Waals surface area contributed by atoms with E-state index in [0.717, 1.165) is 11.3 Å². The van der Waals surface area contributed by atoms with Crippen LogP contribution in [0.5, 0.6) is 0 Å². The van der Waals surface area contributed by atoms with E-state index in [4.69, 9.17) is 0 Å². The molecule has 1 saturated heterocycles. The van der Waals surface area contributed by atoms with Gasteiger partial charge >= 0.3 is 6.03 Å². The van der Waals surface area contributed by atoms with E-state index in [-0.39, 0.29) is 11.9 Å². The first-order valence-electron chi connectivity index (χ1n) is 5.88. The summed E-state index contributed by atoms with van der Waals surface area (Å²) in [5.41, 5.74) is 1.92. The molecule has 0 aromatic rings. The summed E-state index contributed by atoms with van der Waals surface area (Å²) in [6, 6.07) is -0.334. The van der Waals surface area contributed by atoms with Crippen LogP contribution in [-0.4, -0.2) is 23.4 Å². The number of hydrogen-bond donors (Lipinski definition) is 1. The lowest BCUT2D eigenvalue weighted by Gasteiger charge is -2.26. The molecule has 1 aliphatic carbocycles. The van der Waals surface area contributed by atoms with Crippen LogP contribution in [0.3, 0.4) is 0 Å². The van der Waals surface area contributed by atoms with Gasteiger partial charge in [-0.1, -0.05) is 26.0 Å². The quantitative estimate of drug-likeness (QED) is 0.757. The number of rotatable bonds is 1. The second-order valence-corrected chi connectivity index (χ2v) is 3.45. The lowest BCUT2D eigenvalue weighted by Crippen LogP contribution is -2.48. The topological polar surface area (TPSA) is 49.4 Å². The van der Waals surface area contributed by atoms with Crippen molar-refractivity contribution in [3.05, 3.63) is 35.6 Å². The summed E-state index contributed by atoms with van der Waals surface area (Å²) in [5.74, 6) is -0.204. The van der Waals surface area contributed by atoms with Gasteiger partial charge in [0.05, 0.1) is 0 Å². The molecule has 0 saturated carbocycles. The number of imide groups is 1. The maximum absolute atomic E-state index is 11.5. The first-order chi connectivity index (χ1) is 8.20. The number of carbonyl (C=O) groups excluding carboxylic acids is 2. The van der Waals surface area contributed by atoms with Crippen LogP contribution in [0, 0.1) is 0 Å². The van der Waals surface area contributed by atoms with Gasteiger partial charge < -0.3 is 0 Å². The average molecular weight is 234 g/mol. The summed E-state index contributed by atoms with van der Waals surface area (Å²) in [6.45, 7) is 6.40. The molecule has 1 aliphatic heterocycles. The van der Waals surface area contributed by atoms with Gasteiger partial charge in [-0.3, -0.25) is 15.0 Å². The Morgan fingerprint density at radius 3 is 2.53 bits per heavy atom. The minimum absolute atomic E-state index is 0.204. The number of nitrogens with one attached hydrogen (secondary N) is 1. The second kappa shape index (κ2) is 6.03. The number of nitrogens with zero attached hydrogens (tertiary/aromatic N) is 1. The summed E-state index contributed by atoms with van der Waals surface area (Å²) in [4.78, 5) is 24.0. The van der Waals surface area contributed by atoms with Crippen molar-refractivity contribution in [1.29, 1.82) is 0 Å². The van der Waals surface area contributed by atoms with Crippen molar-refractivity contribution in [3.63, 3.8) is 0 Å².